The molecule has 0 heterocycles. The van der Waals surface area contributed by atoms with Crippen LogP contribution < -0.4 is 14.8 Å². The molecule has 124 valence electrons. The fraction of sp³-hybridized carbons (Fsp3) is 0.400. The van der Waals surface area contributed by atoms with Gasteiger partial charge in [-0.2, -0.15) is 0 Å². The molecule has 0 aliphatic carbocycles. The maximum atomic E-state index is 5.93. The third-order valence-electron chi connectivity index (χ3n) is 3.82. The Balaban J connectivity index is 2.05. The van der Waals surface area contributed by atoms with E-state index in [1.165, 1.54) is 11.1 Å². The average molecular weight is 313 g/mol. The number of hydrogen-bond donors (Lipinski definition) is 1. The van der Waals surface area contributed by atoms with Gasteiger partial charge in [0.2, 0.25) is 0 Å². The zero-order chi connectivity index (χ0) is 16.9. The lowest BCUT2D eigenvalue weighted by Crippen LogP contribution is -2.10. The number of nitrogens with one attached hydrogen (secondary N) is 1. The molecule has 3 nitrogen and oxygen atoms in total. The van der Waals surface area contributed by atoms with Gasteiger partial charge in [-0.15, -0.1) is 0 Å². The van der Waals surface area contributed by atoms with E-state index in [4.69, 9.17) is 9.47 Å². The van der Waals surface area contributed by atoms with E-state index in [1.54, 1.807) is 7.11 Å². The second-order valence-electron chi connectivity index (χ2n) is 6.75. The molecular weight excluding hydrogens is 286 g/mol. The standard InChI is InChI=1S/C20H27NO2/c1-20(2,3)17-9-6-15(7-10-17)14-23-18-11-8-16(13-21-4)12-19(18)22-5/h6-12,21H,13-14H2,1-5H3. The van der Waals surface area contributed by atoms with Crippen LogP contribution in [-0.4, -0.2) is 14.2 Å². The van der Waals surface area contributed by atoms with Crippen molar-refractivity contribution >= 4 is 0 Å². The van der Waals surface area contributed by atoms with Crippen molar-refractivity contribution in [2.75, 3.05) is 14.2 Å². The number of rotatable bonds is 6. The van der Waals surface area contributed by atoms with Gasteiger partial charge in [0.25, 0.3) is 0 Å². The number of benzene rings is 2. The van der Waals surface area contributed by atoms with E-state index in [2.05, 4.69) is 56.4 Å². The van der Waals surface area contributed by atoms with Crippen molar-refractivity contribution in [1.29, 1.82) is 0 Å². The molecule has 0 spiro atoms. The maximum Gasteiger partial charge on any atom is 0.161 e. The molecular formula is C20H27NO2. The topological polar surface area (TPSA) is 30.5 Å². The Labute approximate surface area is 139 Å². The summed E-state index contributed by atoms with van der Waals surface area (Å²) in [6.45, 7) is 8.00. The molecule has 0 aliphatic heterocycles. The normalized spacial score (nSPS) is 11.3. The van der Waals surface area contributed by atoms with Crippen LogP contribution in [-0.2, 0) is 18.6 Å². The van der Waals surface area contributed by atoms with Crippen molar-refractivity contribution in [3.8, 4) is 11.5 Å². The van der Waals surface area contributed by atoms with E-state index >= 15 is 0 Å². The van der Waals surface area contributed by atoms with Crippen molar-refractivity contribution < 1.29 is 9.47 Å². The minimum Gasteiger partial charge on any atom is -0.493 e. The average Bonchev–Trinajstić information content (AvgIpc) is 2.53. The molecule has 0 saturated heterocycles. The Bertz CT molecular complexity index is 627. The Morgan fingerprint density at radius 1 is 0.913 bits per heavy atom. The highest BCUT2D eigenvalue weighted by Gasteiger charge is 2.13. The molecule has 2 rings (SSSR count). The number of hydrogen-bond acceptors (Lipinski definition) is 3. The van der Waals surface area contributed by atoms with Gasteiger partial charge in [-0.25, -0.2) is 0 Å². The summed E-state index contributed by atoms with van der Waals surface area (Å²) in [7, 11) is 3.60. The first kappa shape index (κ1) is 17.4. The van der Waals surface area contributed by atoms with Gasteiger partial charge in [0, 0.05) is 6.54 Å². The summed E-state index contributed by atoms with van der Waals surface area (Å²) < 4.78 is 11.4. The maximum absolute atomic E-state index is 5.93. The molecule has 0 fully saturated rings. The molecule has 0 bridgehead atoms. The molecule has 23 heavy (non-hydrogen) atoms. The quantitative estimate of drug-likeness (QED) is 0.863. The summed E-state index contributed by atoms with van der Waals surface area (Å²) in [6.07, 6.45) is 0. The van der Waals surface area contributed by atoms with Crippen molar-refractivity contribution in [1.82, 2.24) is 5.32 Å². The van der Waals surface area contributed by atoms with E-state index in [-0.39, 0.29) is 5.41 Å². The Kier molecular flexibility index (Phi) is 5.67. The van der Waals surface area contributed by atoms with Gasteiger partial charge in [0.1, 0.15) is 6.61 Å². The molecule has 0 saturated carbocycles. The second-order valence-corrected chi connectivity index (χ2v) is 6.75. The van der Waals surface area contributed by atoms with Crippen LogP contribution >= 0.6 is 0 Å². The van der Waals surface area contributed by atoms with Crippen LogP contribution in [0.4, 0.5) is 0 Å². The summed E-state index contributed by atoms with van der Waals surface area (Å²) in [5.41, 5.74) is 3.83. The van der Waals surface area contributed by atoms with Crippen LogP contribution in [0, 0.1) is 0 Å². The van der Waals surface area contributed by atoms with Gasteiger partial charge < -0.3 is 14.8 Å². The van der Waals surface area contributed by atoms with E-state index in [0.717, 1.165) is 23.6 Å². The van der Waals surface area contributed by atoms with Crippen molar-refractivity contribution in [2.45, 2.75) is 39.3 Å². The highest BCUT2D eigenvalue weighted by atomic mass is 16.5. The summed E-state index contributed by atoms with van der Waals surface area (Å²) in [6, 6.07) is 14.6. The van der Waals surface area contributed by atoms with Crippen LogP contribution in [0.3, 0.4) is 0 Å². The molecule has 0 aromatic heterocycles. The molecule has 2 aromatic rings. The van der Waals surface area contributed by atoms with Crippen LogP contribution in [0.1, 0.15) is 37.5 Å². The largest absolute Gasteiger partial charge is 0.493 e. The Hall–Kier alpha value is -2.00. The van der Waals surface area contributed by atoms with Crippen LogP contribution in [0.5, 0.6) is 11.5 Å². The number of ether oxygens (including phenoxy) is 2. The SMILES string of the molecule is CNCc1ccc(OCc2ccc(C(C)(C)C)cc2)c(OC)c1. The highest BCUT2D eigenvalue weighted by molar-refractivity contribution is 5.43. The van der Waals surface area contributed by atoms with E-state index in [0.29, 0.717) is 6.61 Å². The van der Waals surface area contributed by atoms with Gasteiger partial charge >= 0.3 is 0 Å². The smallest absolute Gasteiger partial charge is 0.161 e. The Morgan fingerprint density at radius 3 is 2.13 bits per heavy atom. The van der Waals surface area contributed by atoms with Gasteiger partial charge in [0.15, 0.2) is 11.5 Å². The van der Waals surface area contributed by atoms with Crippen LogP contribution in [0.15, 0.2) is 42.5 Å². The summed E-state index contributed by atoms with van der Waals surface area (Å²) in [5, 5.41) is 3.13. The van der Waals surface area contributed by atoms with Crippen LogP contribution in [0.25, 0.3) is 0 Å². The molecule has 0 aliphatic rings. The highest BCUT2D eigenvalue weighted by Crippen LogP contribution is 2.29. The van der Waals surface area contributed by atoms with Gasteiger partial charge in [0.05, 0.1) is 7.11 Å². The third-order valence-corrected chi connectivity index (χ3v) is 3.82. The molecule has 2 aromatic carbocycles. The molecule has 0 radical (unpaired) electrons. The summed E-state index contributed by atoms with van der Waals surface area (Å²) >= 11 is 0. The molecule has 0 amide bonds. The first-order valence-corrected chi connectivity index (χ1v) is 7.98. The number of methoxy groups -OCH3 is 1. The predicted octanol–water partition coefficient (Wildman–Crippen LogP) is 4.29. The van der Waals surface area contributed by atoms with Crippen LogP contribution in [0.2, 0.25) is 0 Å². The van der Waals surface area contributed by atoms with Gasteiger partial charge in [-0.05, 0) is 41.3 Å². The van der Waals surface area contributed by atoms with Crippen molar-refractivity contribution in [3.63, 3.8) is 0 Å². The van der Waals surface area contributed by atoms with E-state index < -0.39 is 0 Å². The first-order valence-electron chi connectivity index (χ1n) is 7.98. The fourth-order valence-electron chi connectivity index (χ4n) is 2.41. The fourth-order valence-corrected chi connectivity index (χ4v) is 2.41. The Morgan fingerprint density at radius 2 is 1.57 bits per heavy atom. The predicted molar refractivity (Wildman–Crippen MR) is 95.2 cm³/mol. The summed E-state index contributed by atoms with van der Waals surface area (Å²) in [5.74, 6) is 1.54. The lowest BCUT2D eigenvalue weighted by Gasteiger charge is -2.19. The second kappa shape index (κ2) is 7.51. The molecule has 0 unspecified atom stereocenters. The lowest BCUT2D eigenvalue weighted by molar-refractivity contribution is 0.284. The molecule has 1 N–H and O–H groups in total. The monoisotopic (exact) mass is 313 g/mol. The zero-order valence-electron chi connectivity index (χ0n) is 14.8. The minimum atomic E-state index is 0.172. The van der Waals surface area contributed by atoms with Crippen molar-refractivity contribution in [3.05, 3.63) is 59.2 Å². The van der Waals surface area contributed by atoms with Crippen molar-refractivity contribution in [2.24, 2.45) is 0 Å². The van der Waals surface area contributed by atoms with Gasteiger partial charge in [-0.3, -0.25) is 0 Å². The third kappa shape index (κ3) is 4.73. The summed E-state index contributed by atoms with van der Waals surface area (Å²) in [4.78, 5) is 0. The van der Waals surface area contributed by atoms with E-state index in [9.17, 15) is 0 Å². The van der Waals surface area contributed by atoms with E-state index in [1.807, 2.05) is 19.2 Å². The lowest BCUT2D eigenvalue weighted by atomic mass is 9.87. The molecule has 0 atom stereocenters. The minimum absolute atomic E-state index is 0.172. The first-order chi connectivity index (χ1) is 10.9. The zero-order valence-corrected chi connectivity index (χ0v) is 14.8. The van der Waals surface area contributed by atoms with Gasteiger partial charge in [-0.1, -0.05) is 51.1 Å². The molecule has 3 heteroatoms.